The van der Waals surface area contributed by atoms with Gasteiger partial charge in [0.05, 0.1) is 4.92 Å². The number of nitrogens with zero attached hydrogens (tertiary/aromatic N) is 2. The van der Waals surface area contributed by atoms with Crippen LogP contribution in [0.15, 0.2) is 24.3 Å². The van der Waals surface area contributed by atoms with Crippen molar-refractivity contribution in [3.63, 3.8) is 0 Å². The number of hydrogen-bond acceptors (Lipinski definition) is 7. The minimum Gasteiger partial charge on any atom is -0.473 e. The number of nitro benzene ring substituents is 1. The molecule has 40 heavy (non-hydrogen) atoms. The van der Waals surface area contributed by atoms with Gasteiger partial charge in [0.2, 0.25) is 0 Å². The van der Waals surface area contributed by atoms with Crippen LogP contribution in [0.25, 0.3) is 10.9 Å². The molecule has 1 aromatic carbocycles. The highest BCUT2D eigenvalue weighted by molar-refractivity contribution is 6.27. The number of fused-ring (bicyclic) bond motifs is 1. The number of hydrogen-bond donors (Lipinski definition) is 5. The number of carbonyl (C=O) groups is 4. The molecular formula is C27H41N3O10. The lowest BCUT2D eigenvalue weighted by Gasteiger charge is -2.31. The Hall–Kier alpha value is -4.00. The molecule has 2 rings (SSSR count). The van der Waals surface area contributed by atoms with E-state index in [1.54, 1.807) is 12.1 Å². The van der Waals surface area contributed by atoms with Gasteiger partial charge in [-0.05, 0) is 44.5 Å². The number of nitro groups is 1. The molecule has 0 amide bonds. The second kappa shape index (κ2) is 20.0. The van der Waals surface area contributed by atoms with Gasteiger partial charge in [-0.15, -0.1) is 0 Å². The summed E-state index contributed by atoms with van der Waals surface area (Å²) in [5.41, 5.74) is 2.36. The Kier molecular flexibility index (Phi) is 18.0. The highest BCUT2D eigenvalue weighted by Gasteiger charge is 2.22. The van der Waals surface area contributed by atoms with E-state index in [0.29, 0.717) is 6.04 Å². The van der Waals surface area contributed by atoms with E-state index in [4.69, 9.17) is 39.6 Å². The first-order valence-electron chi connectivity index (χ1n) is 13.3. The van der Waals surface area contributed by atoms with Crippen molar-refractivity contribution >= 4 is 40.5 Å². The number of carboxylic acid groups (broad SMARTS) is 4. The molecule has 0 fully saturated rings. The molecule has 1 aromatic heterocycles. The largest absolute Gasteiger partial charge is 0.473 e. The summed E-state index contributed by atoms with van der Waals surface area (Å²) >= 11 is 0. The van der Waals surface area contributed by atoms with Gasteiger partial charge in [-0.2, -0.15) is 0 Å². The average molecular weight is 568 g/mol. The van der Waals surface area contributed by atoms with Gasteiger partial charge in [0.25, 0.3) is 5.69 Å². The quantitative estimate of drug-likeness (QED) is 0.0854. The van der Waals surface area contributed by atoms with Crippen LogP contribution in [-0.2, 0) is 19.2 Å². The zero-order valence-electron chi connectivity index (χ0n) is 23.3. The summed E-state index contributed by atoms with van der Waals surface area (Å²) in [4.78, 5) is 53.4. The summed E-state index contributed by atoms with van der Waals surface area (Å²) in [5, 5.41) is 41.6. The molecule has 1 atom stereocenters. The van der Waals surface area contributed by atoms with Crippen LogP contribution in [0.5, 0.6) is 0 Å². The van der Waals surface area contributed by atoms with Gasteiger partial charge >= 0.3 is 23.9 Å². The summed E-state index contributed by atoms with van der Waals surface area (Å²) in [6.45, 7) is 8.97. The van der Waals surface area contributed by atoms with E-state index in [9.17, 15) is 10.1 Å². The van der Waals surface area contributed by atoms with Crippen molar-refractivity contribution in [1.82, 2.24) is 9.88 Å². The van der Waals surface area contributed by atoms with Crippen LogP contribution in [0.4, 0.5) is 5.69 Å². The Bertz CT molecular complexity index is 1040. The third kappa shape index (κ3) is 14.2. The van der Waals surface area contributed by atoms with E-state index in [0.717, 1.165) is 30.4 Å². The molecular weight excluding hydrogens is 526 g/mol. The molecule has 0 spiro atoms. The number of aromatic nitrogens is 1. The minimum atomic E-state index is -1.82. The molecule has 0 aliphatic carbocycles. The van der Waals surface area contributed by atoms with Gasteiger partial charge in [0, 0.05) is 34.8 Å². The van der Waals surface area contributed by atoms with Gasteiger partial charge in [-0.25, -0.2) is 19.2 Å². The molecule has 0 bridgehead atoms. The van der Waals surface area contributed by atoms with Gasteiger partial charge in [-0.3, -0.25) is 15.0 Å². The molecule has 13 heteroatoms. The number of benzene rings is 1. The van der Waals surface area contributed by atoms with Crippen LogP contribution in [0.1, 0.15) is 90.3 Å². The maximum atomic E-state index is 11.1. The number of carboxylic acids is 4. The number of aliphatic carboxylic acids is 4. The lowest BCUT2D eigenvalue weighted by Crippen LogP contribution is -2.31. The fourth-order valence-electron chi connectivity index (χ4n) is 3.88. The Morgan fingerprint density at radius 1 is 0.800 bits per heavy atom. The van der Waals surface area contributed by atoms with Crippen LogP contribution in [-0.4, -0.2) is 72.2 Å². The van der Waals surface area contributed by atoms with Crippen LogP contribution in [0.2, 0.25) is 0 Å². The van der Waals surface area contributed by atoms with Crippen LogP contribution < -0.4 is 0 Å². The summed E-state index contributed by atoms with van der Waals surface area (Å²) in [5.74, 6) is -7.30. The zero-order chi connectivity index (χ0) is 30.7. The third-order valence-electron chi connectivity index (χ3n) is 5.93. The molecule has 0 aliphatic heterocycles. The zero-order valence-corrected chi connectivity index (χ0v) is 23.3. The number of non-ortho nitro benzene ring substituents is 1. The van der Waals surface area contributed by atoms with Crippen molar-refractivity contribution in [3.05, 3.63) is 40.1 Å². The first kappa shape index (κ1) is 36.0. The maximum Gasteiger partial charge on any atom is 0.414 e. The monoisotopic (exact) mass is 567 g/mol. The normalized spacial score (nSPS) is 11.1. The Balaban J connectivity index is 0.00000106. The Morgan fingerprint density at radius 3 is 1.73 bits per heavy atom. The summed E-state index contributed by atoms with van der Waals surface area (Å²) in [6.07, 6.45) is 11.0. The molecule has 0 radical (unpaired) electrons. The van der Waals surface area contributed by atoms with Gasteiger partial charge < -0.3 is 25.4 Å². The van der Waals surface area contributed by atoms with Crippen LogP contribution >= 0.6 is 0 Å². The second-order valence-electron chi connectivity index (χ2n) is 9.08. The van der Waals surface area contributed by atoms with E-state index in [1.807, 2.05) is 6.07 Å². The van der Waals surface area contributed by atoms with E-state index in [1.165, 1.54) is 57.1 Å². The van der Waals surface area contributed by atoms with Crippen molar-refractivity contribution < 1.29 is 44.5 Å². The topological polar surface area (TPSA) is 211 Å². The average Bonchev–Trinajstić information content (AvgIpc) is 3.33. The van der Waals surface area contributed by atoms with Crippen molar-refractivity contribution in [2.45, 2.75) is 84.6 Å². The molecule has 1 heterocycles. The lowest BCUT2D eigenvalue weighted by molar-refractivity contribution is -0.384. The fraction of sp³-hybridized carbons (Fsp3) is 0.556. The second-order valence-corrected chi connectivity index (χ2v) is 9.08. The number of H-pyrrole nitrogens is 1. The fourth-order valence-corrected chi connectivity index (χ4v) is 3.88. The molecule has 2 aromatic rings. The van der Waals surface area contributed by atoms with E-state index >= 15 is 0 Å². The van der Waals surface area contributed by atoms with E-state index in [-0.39, 0.29) is 10.6 Å². The number of nitrogens with one attached hydrogen (secondary N) is 1. The molecule has 0 saturated carbocycles. The van der Waals surface area contributed by atoms with Gasteiger partial charge in [0.1, 0.15) is 0 Å². The van der Waals surface area contributed by atoms with E-state index < -0.39 is 23.9 Å². The first-order chi connectivity index (χ1) is 18.9. The predicted molar refractivity (Wildman–Crippen MR) is 148 cm³/mol. The SMILES string of the molecule is CCCCCCC(c1cc2cc([N+](=O)[O-])ccc2[nH]1)N(CCCC)CCCC.O=C(O)C(=O)O.O=C(O)C(=O)O. The van der Waals surface area contributed by atoms with Crippen LogP contribution in [0, 0.1) is 10.1 Å². The molecule has 0 aliphatic rings. The number of unbranched alkanes of at least 4 members (excludes halogenated alkanes) is 5. The molecule has 5 N–H and O–H groups in total. The summed E-state index contributed by atoms with van der Waals surface area (Å²) in [7, 11) is 0. The summed E-state index contributed by atoms with van der Waals surface area (Å²) < 4.78 is 0. The Labute approximate surface area is 233 Å². The highest BCUT2D eigenvalue weighted by Crippen LogP contribution is 2.31. The maximum absolute atomic E-state index is 11.1. The number of aromatic amines is 1. The smallest absolute Gasteiger partial charge is 0.414 e. The molecule has 1 unspecified atom stereocenters. The van der Waals surface area contributed by atoms with Crippen molar-refractivity contribution in [2.24, 2.45) is 0 Å². The molecule has 13 nitrogen and oxygen atoms in total. The van der Waals surface area contributed by atoms with Crippen molar-refractivity contribution in [3.8, 4) is 0 Å². The van der Waals surface area contributed by atoms with Gasteiger partial charge in [0.15, 0.2) is 0 Å². The molecule has 0 saturated heterocycles. The summed E-state index contributed by atoms with van der Waals surface area (Å²) in [6, 6.07) is 7.61. The standard InChI is InChI=1S/C23H37N3O2.2C2H2O4/c1-4-7-10-11-12-23(25(15-8-5-2)16-9-6-3)22-18-19-17-20(26(27)28)13-14-21(19)24-22;2*3-1(4)2(5)6/h13-14,17-18,23-24H,4-12,15-16H2,1-3H3;2*(H,3,4)(H,5,6). The lowest BCUT2D eigenvalue weighted by atomic mass is 10.0. The van der Waals surface area contributed by atoms with E-state index in [2.05, 4.69) is 36.7 Å². The van der Waals surface area contributed by atoms with Crippen molar-refractivity contribution in [2.75, 3.05) is 13.1 Å². The highest BCUT2D eigenvalue weighted by atomic mass is 16.6. The number of rotatable bonds is 14. The Morgan fingerprint density at radius 2 is 1.30 bits per heavy atom. The predicted octanol–water partition coefficient (Wildman–Crippen LogP) is 5.30. The third-order valence-corrected chi connectivity index (χ3v) is 5.93. The first-order valence-corrected chi connectivity index (χ1v) is 13.3. The van der Waals surface area contributed by atoms with Crippen molar-refractivity contribution in [1.29, 1.82) is 0 Å². The minimum absolute atomic E-state index is 0.159. The van der Waals surface area contributed by atoms with Gasteiger partial charge in [-0.1, -0.05) is 59.3 Å². The molecule has 224 valence electrons. The van der Waals surface area contributed by atoms with Crippen LogP contribution in [0.3, 0.4) is 0 Å².